The highest BCUT2D eigenvalue weighted by Crippen LogP contribution is 2.24. The molecule has 1 aromatic carbocycles. The fourth-order valence-corrected chi connectivity index (χ4v) is 2.60. The van der Waals surface area contributed by atoms with Gasteiger partial charge in [0.1, 0.15) is 5.75 Å². The minimum absolute atomic E-state index is 0.0107. The number of hydrogen-bond donors (Lipinski definition) is 2. The van der Waals surface area contributed by atoms with E-state index in [-0.39, 0.29) is 30.9 Å². The average Bonchev–Trinajstić information content (AvgIpc) is 2.48. The molecule has 0 bridgehead atoms. The Morgan fingerprint density at radius 1 is 1.30 bits per heavy atom. The Balaban J connectivity index is 1.87. The Morgan fingerprint density at radius 3 is 2.61 bits per heavy atom. The number of nitrogens with zero attached hydrogens (tertiary/aromatic N) is 1. The lowest BCUT2D eigenvalue weighted by molar-refractivity contribution is -0.274. The normalized spacial score (nSPS) is 19.4. The molecule has 0 radical (unpaired) electrons. The summed E-state index contributed by atoms with van der Waals surface area (Å²) in [6.45, 7) is 0.903. The summed E-state index contributed by atoms with van der Waals surface area (Å²) in [6, 6.07) is 4.95. The van der Waals surface area contributed by atoms with Crippen LogP contribution in [0, 0.1) is 0 Å². The number of likely N-dealkylation sites (tertiary alicyclic amines) is 1. The van der Waals surface area contributed by atoms with Crippen molar-refractivity contribution in [2.45, 2.75) is 31.7 Å². The van der Waals surface area contributed by atoms with Gasteiger partial charge in [-0.15, -0.1) is 13.2 Å². The van der Waals surface area contributed by atoms with Crippen molar-refractivity contribution in [3.63, 3.8) is 0 Å². The summed E-state index contributed by atoms with van der Waals surface area (Å²) >= 11 is 0. The van der Waals surface area contributed by atoms with Gasteiger partial charge in [-0.25, -0.2) is 0 Å². The summed E-state index contributed by atoms with van der Waals surface area (Å²) in [5.41, 5.74) is 0.391. The number of aliphatic hydroxyl groups excluding tert-OH is 1. The highest BCUT2D eigenvalue weighted by molar-refractivity contribution is 5.92. The van der Waals surface area contributed by atoms with Crippen molar-refractivity contribution >= 4 is 11.6 Å². The second kappa shape index (κ2) is 7.65. The molecule has 1 fully saturated rings. The number of halogens is 3. The van der Waals surface area contributed by atoms with Crippen LogP contribution < -0.4 is 10.1 Å². The number of carbonyl (C=O) groups excluding carboxylic acids is 1. The molecule has 8 heteroatoms. The number of anilines is 1. The predicted molar refractivity (Wildman–Crippen MR) is 78.1 cm³/mol. The van der Waals surface area contributed by atoms with Gasteiger partial charge in [0.15, 0.2) is 0 Å². The average molecular weight is 332 g/mol. The van der Waals surface area contributed by atoms with E-state index in [0.717, 1.165) is 37.9 Å². The number of amides is 1. The first-order valence-electron chi connectivity index (χ1n) is 7.38. The molecule has 1 unspecified atom stereocenters. The number of hydrogen-bond acceptors (Lipinski definition) is 4. The van der Waals surface area contributed by atoms with E-state index in [4.69, 9.17) is 0 Å². The number of carbonyl (C=O) groups is 1. The van der Waals surface area contributed by atoms with E-state index in [9.17, 15) is 23.1 Å². The van der Waals surface area contributed by atoms with E-state index in [2.05, 4.69) is 10.1 Å². The van der Waals surface area contributed by atoms with Gasteiger partial charge in [0.05, 0.1) is 13.2 Å². The second-order valence-electron chi connectivity index (χ2n) is 5.42. The van der Waals surface area contributed by atoms with Crippen molar-refractivity contribution in [3.05, 3.63) is 24.3 Å². The Bertz CT molecular complexity index is 520. The molecule has 1 saturated heterocycles. The smallest absolute Gasteiger partial charge is 0.406 e. The lowest BCUT2D eigenvalue weighted by Crippen LogP contribution is -2.45. The molecule has 0 spiro atoms. The fourth-order valence-electron chi connectivity index (χ4n) is 2.60. The SMILES string of the molecule is O=C(CN1CCCCC1CO)Nc1ccc(OC(F)(F)F)cc1. The minimum atomic E-state index is -4.74. The molecule has 5 nitrogen and oxygen atoms in total. The molecule has 0 aliphatic carbocycles. The molecule has 1 amide bonds. The van der Waals surface area contributed by atoms with Gasteiger partial charge in [0.2, 0.25) is 5.91 Å². The zero-order chi connectivity index (χ0) is 16.9. The van der Waals surface area contributed by atoms with Crippen LogP contribution in [0.1, 0.15) is 19.3 Å². The van der Waals surface area contributed by atoms with Gasteiger partial charge in [-0.1, -0.05) is 6.42 Å². The molecule has 0 saturated carbocycles. The van der Waals surface area contributed by atoms with Crippen molar-refractivity contribution in [3.8, 4) is 5.75 Å². The highest BCUT2D eigenvalue weighted by Gasteiger charge is 2.31. The van der Waals surface area contributed by atoms with Gasteiger partial charge in [0.25, 0.3) is 0 Å². The van der Waals surface area contributed by atoms with Crippen LogP contribution in [0.2, 0.25) is 0 Å². The molecular formula is C15H19F3N2O3. The number of alkyl halides is 3. The van der Waals surface area contributed by atoms with Crippen LogP contribution in [-0.4, -0.2) is 48.0 Å². The molecule has 128 valence electrons. The van der Waals surface area contributed by atoms with Crippen LogP contribution >= 0.6 is 0 Å². The van der Waals surface area contributed by atoms with Crippen molar-refractivity contribution in [1.82, 2.24) is 4.90 Å². The number of aliphatic hydroxyl groups is 1. The molecule has 2 N–H and O–H groups in total. The van der Waals surface area contributed by atoms with E-state index in [1.165, 1.54) is 12.1 Å². The molecule has 1 aromatic rings. The first kappa shape index (κ1) is 17.6. The fraction of sp³-hybridized carbons (Fsp3) is 0.533. The number of benzene rings is 1. The third-order valence-corrected chi connectivity index (χ3v) is 3.68. The molecule has 2 rings (SSSR count). The molecular weight excluding hydrogens is 313 g/mol. The Kier molecular flexibility index (Phi) is 5.84. The maximum Gasteiger partial charge on any atom is 0.573 e. The molecule has 1 atom stereocenters. The lowest BCUT2D eigenvalue weighted by atomic mass is 10.0. The van der Waals surface area contributed by atoms with Gasteiger partial charge in [-0.3, -0.25) is 9.69 Å². The van der Waals surface area contributed by atoms with Gasteiger partial charge < -0.3 is 15.2 Å². The van der Waals surface area contributed by atoms with Crippen molar-refractivity contribution in [1.29, 1.82) is 0 Å². The Labute approximate surface area is 132 Å². The van der Waals surface area contributed by atoms with Crippen molar-refractivity contribution in [2.24, 2.45) is 0 Å². The van der Waals surface area contributed by atoms with Gasteiger partial charge in [-0.2, -0.15) is 0 Å². The maximum absolute atomic E-state index is 12.1. The van der Waals surface area contributed by atoms with E-state index < -0.39 is 6.36 Å². The van der Waals surface area contributed by atoms with Gasteiger partial charge >= 0.3 is 6.36 Å². The molecule has 1 aliphatic heterocycles. The summed E-state index contributed by atoms with van der Waals surface area (Å²) in [7, 11) is 0. The zero-order valence-corrected chi connectivity index (χ0v) is 12.5. The Morgan fingerprint density at radius 2 is 2.00 bits per heavy atom. The molecule has 23 heavy (non-hydrogen) atoms. The number of rotatable bonds is 5. The summed E-state index contributed by atoms with van der Waals surface area (Å²) in [5, 5.41) is 11.9. The number of nitrogens with one attached hydrogen (secondary N) is 1. The molecule has 0 aromatic heterocycles. The van der Waals surface area contributed by atoms with E-state index in [1.54, 1.807) is 0 Å². The van der Waals surface area contributed by atoms with Gasteiger partial charge in [-0.05, 0) is 43.7 Å². The first-order chi connectivity index (χ1) is 10.9. The van der Waals surface area contributed by atoms with Crippen LogP contribution in [0.5, 0.6) is 5.75 Å². The van der Waals surface area contributed by atoms with Crippen LogP contribution in [-0.2, 0) is 4.79 Å². The maximum atomic E-state index is 12.1. The highest BCUT2D eigenvalue weighted by atomic mass is 19.4. The number of ether oxygens (including phenoxy) is 1. The number of piperidine rings is 1. The zero-order valence-electron chi connectivity index (χ0n) is 12.5. The van der Waals surface area contributed by atoms with E-state index in [0.29, 0.717) is 5.69 Å². The topological polar surface area (TPSA) is 61.8 Å². The summed E-state index contributed by atoms with van der Waals surface area (Å²) < 4.78 is 40.0. The largest absolute Gasteiger partial charge is 0.573 e. The first-order valence-corrected chi connectivity index (χ1v) is 7.38. The van der Waals surface area contributed by atoms with Crippen LogP contribution in [0.15, 0.2) is 24.3 Å². The third kappa shape index (κ3) is 5.72. The van der Waals surface area contributed by atoms with Crippen LogP contribution in [0.3, 0.4) is 0 Å². The van der Waals surface area contributed by atoms with Gasteiger partial charge in [0, 0.05) is 11.7 Å². The summed E-state index contributed by atoms with van der Waals surface area (Å²) in [6.07, 6.45) is -1.87. The van der Waals surface area contributed by atoms with Crippen LogP contribution in [0.25, 0.3) is 0 Å². The van der Waals surface area contributed by atoms with E-state index >= 15 is 0 Å². The summed E-state index contributed by atoms with van der Waals surface area (Å²) in [5.74, 6) is -0.610. The monoisotopic (exact) mass is 332 g/mol. The summed E-state index contributed by atoms with van der Waals surface area (Å²) in [4.78, 5) is 13.9. The second-order valence-corrected chi connectivity index (χ2v) is 5.42. The quantitative estimate of drug-likeness (QED) is 0.869. The molecule has 1 aliphatic rings. The Hall–Kier alpha value is -1.80. The predicted octanol–water partition coefficient (Wildman–Crippen LogP) is 2.37. The van der Waals surface area contributed by atoms with Crippen molar-refractivity contribution < 1.29 is 27.8 Å². The van der Waals surface area contributed by atoms with Crippen LogP contribution in [0.4, 0.5) is 18.9 Å². The van der Waals surface area contributed by atoms with Crippen molar-refractivity contribution in [2.75, 3.05) is 25.0 Å². The third-order valence-electron chi connectivity index (χ3n) is 3.68. The molecule has 1 heterocycles. The standard InChI is InChI=1S/C15H19F3N2O3/c16-15(17,18)23-13-6-4-11(5-7-13)19-14(22)9-20-8-2-1-3-12(20)10-21/h4-7,12,21H,1-3,8-10H2,(H,19,22). The lowest BCUT2D eigenvalue weighted by Gasteiger charge is -2.33. The minimum Gasteiger partial charge on any atom is -0.406 e. The van der Waals surface area contributed by atoms with E-state index in [1.807, 2.05) is 4.90 Å².